The molecular formula is C14H20BrClN2O. The summed E-state index contributed by atoms with van der Waals surface area (Å²) in [4.78, 5) is 12.0. The fourth-order valence-corrected chi connectivity index (χ4v) is 2.80. The molecule has 1 saturated heterocycles. The number of rotatable bonds is 4. The van der Waals surface area contributed by atoms with Crippen LogP contribution in [-0.2, 0) is 0 Å². The number of benzene rings is 1. The normalized spacial score (nSPS) is 17.9. The molecule has 0 spiro atoms. The Morgan fingerprint density at radius 1 is 1.53 bits per heavy atom. The van der Waals surface area contributed by atoms with E-state index in [1.165, 1.54) is 6.42 Å². The van der Waals surface area contributed by atoms with Gasteiger partial charge in [-0.2, -0.15) is 0 Å². The Balaban J connectivity index is 0.00000180. The lowest BCUT2D eigenvalue weighted by molar-refractivity contribution is 0.0951. The van der Waals surface area contributed by atoms with Gasteiger partial charge >= 0.3 is 0 Å². The van der Waals surface area contributed by atoms with Gasteiger partial charge in [0.25, 0.3) is 5.91 Å². The number of halogens is 2. The quantitative estimate of drug-likeness (QED) is 0.879. The summed E-state index contributed by atoms with van der Waals surface area (Å²) >= 11 is 3.40. The highest BCUT2D eigenvalue weighted by Crippen LogP contribution is 2.16. The first-order valence-corrected chi connectivity index (χ1v) is 7.21. The van der Waals surface area contributed by atoms with Gasteiger partial charge < -0.3 is 10.6 Å². The van der Waals surface area contributed by atoms with Crippen LogP contribution >= 0.6 is 28.3 Å². The zero-order chi connectivity index (χ0) is 13.0. The lowest BCUT2D eigenvalue weighted by atomic mass is 10.0. The van der Waals surface area contributed by atoms with Gasteiger partial charge in [0, 0.05) is 16.6 Å². The minimum atomic E-state index is 0. The molecule has 1 fully saturated rings. The van der Waals surface area contributed by atoms with Crippen LogP contribution in [0.1, 0.15) is 28.8 Å². The summed E-state index contributed by atoms with van der Waals surface area (Å²) in [5.41, 5.74) is 1.77. The molecule has 3 nitrogen and oxygen atoms in total. The highest BCUT2D eigenvalue weighted by molar-refractivity contribution is 9.10. The van der Waals surface area contributed by atoms with Crippen LogP contribution in [0.3, 0.4) is 0 Å². The molecule has 5 heteroatoms. The molecule has 0 saturated carbocycles. The molecule has 0 aliphatic carbocycles. The summed E-state index contributed by atoms with van der Waals surface area (Å²) in [6.45, 7) is 4.93. The van der Waals surface area contributed by atoms with Crippen LogP contribution in [0, 0.1) is 12.8 Å². The summed E-state index contributed by atoms with van der Waals surface area (Å²) in [5.74, 6) is 0.752. The predicted octanol–water partition coefficient (Wildman–Crippen LogP) is 2.91. The van der Waals surface area contributed by atoms with Crippen molar-refractivity contribution in [2.45, 2.75) is 19.8 Å². The van der Waals surface area contributed by atoms with Crippen LogP contribution < -0.4 is 10.6 Å². The Kier molecular flexibility index (Phi) is 6.83. The van der Waals surface area contributed by atoms with Gasteiger partial charge in [-0.15, -0.1) is 12.4 Å². The van der Waals surface area contributed by atoms with Gasteiger partial charge in [0.1, 0.15) is 0 Å². The smallest absolute Gasteiger partial charge is 0.251 e. The molecule has 1 aromatic carbocycles. The fourth-order valence-electron chi connectivity index (χ4n) is 2.33. The third-order valence-electron chi connectivity index (χ3n) is 3.43. The minimum Gasteiger partial charge on any atom is -0.352 e. The van der Waals surface area contributed by atoms with Crippen LogP contribution in [0.4, 0.5) is 0 Å². The van der Waals surface area contributed by atoms with Crippen molar-refractivity contribution in [3.8, 4) is 0 Å². The zero-order valence-corrected chi connectivity index (χ0v) is 13.4. The first-order chi connectivity index (χ1) is 8.66. The van der Waals surface area contributed by atoms with E-state index in [2.05, 4.69) is 26.6 Å². The van der Waals surface area contributed by atoms with Crippen LogP contribution in [0.25, 0.3) is 0 Å². The molecule has 1 aliphatic heterocycles. The van der Waals surface area contributed by atoms with Crippen LogP contribution in [0.2, 0.25) is 0 Å². The number of carbonyl (C=O) groups excluding carboxylic acids is 1. The largest absolute Gasteiger partial charge is 0.352 e. The van der Waals surface area contributed by atoms with E-state index < -0.39 is 0 Å². The molecule has 1 heterocycles. The van der Waals surface area contributed by atoms with Gasteiger partial charge in [-0.1, -0.05) is 15.9 Å². The third kappa shape index (κ3) is 4.79. The summed E-state index contributed by atoms with van der Waals surface area (Å²) in [6, 6.07) is 5.74. The van der Waals surface area contributed by atoms with Crippen molar-refractivity contribution >= 4 is 34.2 Å². The average Bonchev–Trinajstić information content (AvgIpc) is 2.81. The SMILES string of the molecule is Cc1cc(Br)ccc1C(=O)NCCC1CCNC1.Cl. The number of amides is 1. The van der Waals surface area contributed by atoms with Crippen molar-refractivity contribution in [1.29, 1.82) is 0 Å². The highest BCUT2D eigenvalue weighted by atomic mass is 79.9. The Hall–Kier alpha value is -0.580. The van der Waals surface area contributed by atoms with Crippen molar-refractivity contribution < 1.29 is 4.79 Å². The van der Waals surface area contributed by atoms with Crippen LogP contribution in [0.5, 0.6) is 0 Å². The number of carbonyl (C=O) groups is 1. The second kappa shape index (κ2) is 7.88. The molecule has 1 aromatic rings. The number of nitrogens with one attached hydrogen (secondary N) is 2. The number of hydrogen-bond acceptors (Lipinski definition) is 2. The molecular weight excluding hydrogens is 328 g/mol. The lowest BCUT2D eigenvalue weighted by Gasteiger charge is -2.10. The average molecular weight is 348 g/mol. The number of hydrogen-bond donors (Lipinski definition) is 2. The van der Waals surface area contributed by atoms with Crippen molar-refractivity contribution in [1.82, 2.24) is 10.6 Å². The monoisotopic (exact) mass is 346 g/mol. The first-order valence-electron chi connectivity index (χ1n) is 6.42. The number of aryl methyl sites for hydroxylation is 1. The van der Waals surface area contributed by atoms with E-state index in [9.17, 15) is 4.79 Å². The van der Waals surface area contributed by atoms with E-state index in [-0.39, 0.29) is 18.3 Å². The molecule has 2 N–H and O–H groups in total. The maximum atomic E-state index is 12.0. The van der Waals surface area contributed by atoms with E-state index >= 15 is 0 Å². The van der Waals surface area contributed by atoms with Crippen molar-refractivity contribution in [2.24, 2.45) is 5.92 Å². The summed E-state index contributed by atoms with van der Waals surface area (Å²) in [7, 11) is 0. The minimum absolute atomic E-state index is 0. The topological polar surface area (TPSA) is 41.1 Å². The molecule has 2 rings (SSSR count). The molecule has 1 unspecified atom stereocenters. The first kappa shape index (κ1) is 16.5. The molecule has 106 valence electrons. The summed E-state index contributed by atoms with van der Waals surface area (Å²) < 4.78 is 1.01. The molecule has 1 amide bonds. The third-order valence-corrected chi connectivity index (χ3v) is 3.93. The van der Waals surface area contributed by atoms with E-state index in [1.807, 2.05) is 25.1 Å². The second-order valence-electron chi connectivity index (χ2n) is 4.86. The van der Waals surface area contributed by atoms with Gasteiger partial charge in [-0.05, 0) is 62.5 Å². The van der Waals surface area contributed by atoms with Crippen LogP contribution in [-0.4, -0.2) is 25.5 Å². The van der Waals surface area contributed by atoms with Crippen molar-refractivity contribution in [2.75, 3.05) is 19.6 Å². The van der Waals surface area contributed by atoms with Crippen LogP contribution in [0.15, 0.2) is 22.7 Å². The van der Waals surface area contributed by atoms with Gasteiger partial charge in [-0.25, -0.2) is 0 Å². The molecule has 0 bridgehead atoms. The van der Waals surface area contributed by atoms with Crippen molar-refractivity contribution in [3.63, 3.8) is 0 Å². The van der Waals surface area contributed by atoms with Gasteiger partial charge in [0.05, 0.1) is 0 Å². The van der Waals surface area contributed by atoms with E-state index in [0.717, 1.165) is 47.6 Å². The highest BCUT2D eigenvalue weighted by Gasteiger charge is 2.15. The van der Waals surface area contributed by atoms with Crippen molar-refractivity contribution in [3.05, 3.63) is 33.8 Å². The lowest BCUT2D eigenvalue weighted by Crippen LogP contribution is -2.27. The van der Waals surface area contributed by atoms with E-state index in [4.69, 9.17) is 0 Å². The summed E-state index contributed by atoms with van der Waals surface area (Å²) in [6.07, 6.45) is 2.29. The fraction of sp³-hybridized carbons (Fsp3) is 0.500. The molecule has 1 atom stereocenters. The maximum Gasteiger partial charge on any atom is 0.251 e. The standard InChI is InChI=1S/C14H19BrN2O.ClH/c1-10-8-12(15)2-3-13(10)14(18)17-7-5-11-4-6-16-9-11;/h2-3,8,11,16H,4-7,9H2,1H3,(H,17,18);1H. The van der Waals surface area contributed by atoms with Gasteiger partial charge in [0.2, 0.25) is 0 Å². The van der Waals surface area contributed by atoms with Gasteiger partial charge in [-0.3, -0.25) is 4.79 Å². The predicted molar refractivity (Wildman–Crippen MR) is 84.1 cm³/mol. The Labute approximate surface area is 129 Å². The second-order valence-corrected chi connectivity index (χ2v) is 5.78. The van der Waals surface area contributed by atoms with E-state index in [1.54, 1.807) is 0 Å². The summed E-state index contributed by atoms with van der Waals surface area (Å²) in [5, 5.41) is 6.34. The zero-order valence-electron chi connectivity index (χ0n) is 11.0. The molecule has 19 heavy (non-hydrogen) atoms. The molecule has 0 aromatic heterocycles. The van der Waals surface area contributed by atoms with Gasteiger partial charge in [0.15, 0.2) is 0 Å². The molecule has 1 aliphatic rings. The molecule has 0 radical (unpaired) electrons. The Morgan fingerprint density at radius 3 is 2.95 bits per heavy atom. The Morgan fingerprint density at radius 2 is 2.32 bits per heavy atom. The Bertz CT molecular complexity index is 433. The maximum absolute atomic E-state index is 12.0. The van der Waals surface area contributed by atoms with E-state index in [0.29, 0.717) is 0 Å².